The van der Waals surface area contributed by atoms with E-state index in [1.165, 1.54) is 24.3 Å². The average molecular weight is 281 g/mol. The second kappa shape index (κ2) is 4.94. The van der Waals surface area contributed by atoms with Crippen molar-refractivity contribution in [1.82, 2.24) is 19.5 Å². The van der Waals surface area contributed by atoms with Crippen LogP contribution >= 0.6 is 0 Å². The van der Waals surface area contributed by atoms with E-state index >= 15 is 0 Å². The molecule has 1 saturated heterocycles. The van der Waals surface area contributed by atoms with Gasteiger partial charge in [0.1, 0.15) is 30.2 Å². The summed E-state index contributed by atoms with van der Waals surface area (Å²) in [5.41, 5.74) is 6.57. The fourth-order valence-electron chi connectivity index (χ4n) is 2.32. The van der Waals surface area contributed by atoms with Gasteiger partial charge in [0.25, 0.3) is 0 Å². The lowest BCUT2D eigenvalue weighted by Crippen LogP contribution is -2.33. The maximum atomic E-state index is 10.1. The molecule has 1 aliphatic heterocycles. The first-order valence-corrected chi connectivity index (χ1v) is 6.07. The van der Waals surface area contributed by atoms with E-state index in [1.807, 2.05) is 0 Å². The second-order valence-corrected chi connectivity index (χ2v) is 4.58. The van der Waals surface area contributed by atoms with Gasteiger partial charge in [-0.3, -0.25) is 4.57 Å². The molecule has 0 unspecified atom stereocenters. The van der Waals surface area contributed by atoms with Gasteiger partial charge in [-0.1, -0.05) is 0 Å². The highest BCUT2D eigenvalue weighted by molar-refractivity contribution is 5.81. The molecule has 0 spiro atoms. The Morgan fingerprint density at radius 3 is 2.90 bits per heavy atom. The first-order valence-electron chi connectivity index (χ1n) is 6.07. The molecule has 0 bridgehead atoms. The van der Waals surface area contributed by atoms with Gasteiger partial charge in [0.15, 0.2) is 17.7 Å². The van der Waals surface area contributed by atoms with Crippen LogP contribution in [-0.2, 0) is 9.47 Å². The van der Waals surface area contributed by atoms with Crippen LogP contribution in [0.5, 0.6) is 0 Å². The predicted molar refractivity (Wildman–Crippen MR) is 67.5 cm³/mol. The summed E-state index contributed by atoms with van der Waals surface area (Å²) in [7, 11) is 1.50. The number of methoxy groups -OCH3 is 1. The van der Waals surface area contributed by atoms with Crippen molar-refractivity contribution in [2.75, 3.05) is 19.5 Å². The van der Waals surface area contributed by atoms with Crippen LogP contribution in [0.25, 0.3) is 11.2 Å². The Balaban J connectivity index is 1.97. The minimum atomic E-state index is -1.11. The fourth-order valence-corrected chi connectivity index (χ4v) is 2.32. The lowest BCUT2D eigenvalue weighted by molar-refractivity contribution is -0.0580. The average Bonchev–Trinajstić information content (AvgIpc) is 2.97. The summed E-state index contributed by atoms with van der Waals surface area (Å²) >= 11 is 0. The normalized spacial score (nSPS) is 30.1. The summed E-state index contributed by atoms with van der Waals surface area (Å²) in [4.78, 5) is 12.0. The summed E-state index contributed by atoms with van der Waals surface area (Å²) in [5, 5.41) is 20.0. The molecule has 9 nitrogen and oxygen atoms in total. The van der Waals surface area contributed by atoms with Crippen molar-refractivity contribution in [3.05, 3.63) is 12.7 Å². The van der Waals surface area contributed by atoms with Crippen LogP contribution in [0.2, 0.25) is 0 Å². The first kappa shape index (κ1) is 13.2. The molecule has 0 aliphatic carbocycles. The van der Waals surface area contributed by atoms with Gasteiger partial charge in [-0.05, 0) is 0 Å². The highest BCUT2D eigenvalue weighted by Crippen LogP contribution is 2.31. The molecule has 2 aromatic heterocycles. The van der Waals surface area contributed by atoms with Gasteiger partial charge in [-0.2, -0.15) is 0 Å². The number of imidazole rings is 1. The largest absolute Gasteiger partial charge is 0.387 e. The highest BCUT2D eigenvalue weighted by atomic mass is 16.6. The SMILES string of the molecule is COC[C@H]1O[C@@H](n2cnc3c(N)ncnc32)[C@@H](O)[C@@H]1O. The Labute approximate surface area is 114 Å². The van der Waals surface area contributed by atoms with E-state index < -0.39 is 24.5 Å². The van der Waals surface area contributed by atoms with Crippen molar-refractivity contribution in [3.8, 4) is 0 Å². The van der Waals surface area contributed by atoms with Gasteiger partial charge in [-0.15, -0.1) is 0 Å². The molecule has 2 aromatic rings. The Morgan fingerprint density at radius 1 is 1.35 bits per heavy atom. The number of aliphatic hydroxyl groups is 2. The van der Waals surface area contributed by atoms with E-state index in [9.17, 15) is 10.2 Å². The van der Waals surface area contributed by atoms with Gasteiger partial charge >= 0.3 is 0 Å². The summed E-state index contributed by atoms with van der Waals surface area (Å²) < 4.78 is 12.1. The van der Waals surface area contributed by atoms with Crippen molar-refractivity contribution in [1.29, 1.82) is 0 Å². The minimum Gasteiger partial charge on any atom is -0.387 e. The van der Waals surface area contributed by atoms with E-state index in [0.717, 1.165) is 0 Å². The third-order valence-electron chi connectivity index (χ3n) is 3.33. The second-order valence-electron chi connectivity index (χ2n) is 4.58. The van der Waals surface area contributed by atoms with E-state index in [1.54, 1.807) is 0 Å². The Hall–Kier alpha value is -1.81. The molecule has 0 saturated carbocycles. The summed E-state index contributed by atoms with van der Waals surface area (Å²) in [5.74, 6) is 0.246. The maximum Gasteiger partial charge on any atom is 0.167 e. The lowest BCUT2D eigenvalue weighted by Gasteiger charge is -2.16. The van der Waals surface area contributed by atoms with Crippen LogP contribution < -0.4 is 5.73 Å². The zero-order valence-electron chi connectivity index (χ0n) is 10.7. The molecule has 0 amide bonds. The number of fused-ring (bicyclic) bond motifs is 1. The minimum absolute atomic E-state index is 0.179. The summed E-state index contributed by atoms with van der Waals surface area (Å²) in [6.07, 6.45) is -0.812. The van der Waals surface area contributed by atoms with Gasteiger partial charge < -0.3 is 25.4 Å². The topological polar surface area (TPSA) is 129 Å². The summed E-state index contributed by atoms with van der Waals surface area (Å²) in [6, 6.07) is 0. The van der Waals surface area contributed by atoms with Gasteiger partial charge in [0, 0.05) is 7.11 Å². The summed E-state index contributed by atoms with van der Waals surface area (Å²) in [6.45, 7) is 0.179. The molecule has 4 N–H and O–H groups in total. The third kappa shape index (κ3) is 1.91. The van der Waals surface area contributed by atoms with E-state index in [4.69, 9.17) is 15.2 Å². The number of nitrogens with zero attached hydrogens (tertiary/aromatic N) is 4. The van der Waals surface area contributed by atoms with Crippen molar-refractivity contribution in [2.45, 2.75) is 24.5 Å². The molecule has 0 aromatic carbocycles. The quantitative estimate of drug-likeness (QED) is 0.631. The van der Waals surface area contributed by atoms with E-state index in [0.29, 0.717) is 11.2 Å². The van der Waals surface area contributed by atoms with Gasteiger partial charge in [-0.25, -0.2) is 15.0 Å². The number of nitrogens with two attached hydrogens (primary N) is 1. The number of hydrogen-bond donors (Lipinski definition) is 3. The van der Waals surface area contributed by atoms with Crippen LogP contribution in [0.15, 0.2) is 12.7 Å². The highest BCUT2D eigenvalue weighted by Gasteiger charge is 2.44. The smallest absolute Gasteiger partial charge is 0.167 e. The number of aromatic nitrogens is 4. The number of hydrogen-bond acceptors (Lipinski definition) is 8. The molecule has 108 valence electrons. The first-order chi connectivity index (χ1) is 9.63. The van der Waals surface area contributed by atoms with Gasteiger partial charge in [0.05, 0.1) is 12.9 Å². The molecule has 1 fully saturated rings. The van der Waals surface area contributed by atoms with Crippen molar-refractivity contribution in [2.24, 2.45) is 0 Å². The third-order valence-corrected chi connectivity index (χ3v) is 3.33. The lowest BCUT2D eigenvalue weighted by atomic mass is 10.1. The zero-order valence-corrected chi connectivity index (χ0v) is 10.7. The molecule has 3 rings (SSSR count). The fraction of sp³-hybridized carbons (Fsp3) is 0.545. The molecule has 20 heavy (non-hydrogen) atoms. The van der Waals surface area contributed by atoms with Crippen LogP contribution in [0.3, 0.4) is 0 Å². The number of anilines is 1. The van der Waals surface area contributed by atoms with E-state index in [2.05, 4.69) is 15.0 Å². The standard InChI is InChI=1S/C11H15N5O4/c1-19-2-5-7(17)8(18)11(20-5)16-4-15-6-9(12)13-3-14-10(6)16/h3-5,7-8,11,17-18H,2H2,1H3,(H2,12,13,14)/t5-,7-,8+,11-/m1/s1. The number of nitrogen functional groups attached to an aromatic ring is 1. The van der Waals surface area contributed by atoms with Crippen LogP contribution in [0, 0.1) is 0 Å². The van der Waals surface area contributed by atoms with Crippen molar-refractivity contribution >= 4 is 17.0 Å². The van der Waals surface area contributed by atoms with Crippen LogP contribution in [-0.4, -0.2) is 61.8 Å². The Morgan fingerprint density at radius 2 is 2.15 bits per heavy atom. The Bertz CT molecular complexity index is 618. The monoisotopic (exact) mass is 281 g/mol. The molecular weight excluding hydrogens is 266 g/mol. The van der Waals surface area contributed by atoms with Gasteiger partial charge in [0.2, 0.25) is 0 Å². The Kier molecular flexibility index (Phi) is 3.26. The molecule has 0 radical (unpaired) electrons. The van der Waals surface area contributed by atoms with E-state index in [-0.39, 0.29) is 12.4 Å². The zero-order chi connectivity index (χ0) is 14.3. The molecular formula is C11H15N5O4. The number of ether oxygens (including phenoxy) is 2. The molecule has 1 aliphatic rings. The predicted octanol–water partition coefficient (Wildman–Crippen LogP) is -1.33. The van der Waals surface area contributed by atoms with Crippen LogP contribution in [0.4, 0.5) is 5.82 Å². The number of aliphatic hydroxyl groups excluding tert-OH is 2. The molecule has 4 atom stereocenters. The van der Waals surface area contributed by atoms with Crippen LogP contribution in [0.1, 0.15) is 6.23 Å². The maximum absolute atomic E-state index is 10.1. The molecule has 3 heterocycles. The van der Waals surface area contributed by atoms with Crippen molar-refractivity contribution < 1.29 is 19.7 Å². The molecule has 9 heteroatoms. The van der Waals surface area contributed by atoms with Crippen molar-refractivity contribution in [3.63, 3.8) is 0 Å². The number of rotatable bonds is 3.